The highest BCUT2D eigenvalue weighted by atomic mass is 15.0. The molecular formula is C56H42N2. The lowest BCUT2D eigenvalue weighted by Crippen LogP contribution is -2.20. The first-order chi connectivity index (χ1) is 28.4. The van der Waals surface area contributed by atoms with Crippen LogP contribution in [0, 0.1) is 0 Å². The van der Waals surface area contributed by atoms with Crippen molar-refractivity contribution in [1.29, 1.82) is 0 Å². The molecule has 0 N–H and O–H groups in total. The van der Waals surface area contributed by atoms with Crippen molar-refractivity contribution >= 4 is 66.2 Å². The first-order valence-electron chi connectivity index (χ1n) is 20.1. The number of fused-ring (bicyclic) bond motifs is 11. The van der Waals surface area contributed by atoms with Gasteiger partial charge in [0.25, 0.3) is 0 Å². The van der Waals surface area contributed by atoms with E-state index < -0.39 is 0 Å². The van der Waals surface area contributed by atoms with Crippen molar-refractivity contribution < 1.29 is 0 Å². The number of aromatic nitrogens is 2. The molecule has 0 aliphatic heterocycles. The van der Waals surface area contributed by atoms with E-state index in [2.05, 4.69) is 199 Å². The van der Waals surface area contributed by atoms with Crippen LogP contribution in [-0.4, -0.2) is 9.13 Å². The number of hydrogen-bond donors (Lipinski definition) is 0. The van der Waals surface area contributed by atoms with E-state index in [4.69, 9.17) is 13.2 Å². The molecule has 10 aromatic rings. The molecule has 2 aromatic heterocycles. The van der Waals surface area contributed by atoms with Crippen LogP contribution in [0.3, 0.4) is 0 Å². The summed E-state index contributed by atoms with van der Waals surface area (Å²) in [4.78, 5) is 0. The average Bonchev–Trinajstić information content (AvgIpc) is 3.87. The number of hydrogen-bond acceptors (Lipinski definition) is 0. The first kappa shape index (κ1) is 34.1. The van der Waals surface area contributed by atoms with Gasteiger partial charge < -0.3 is 9.13 Å². The fourth-order valence-electron chi connectivity index (χ4n) is 10.4. The van der Waals surface area contributed by atoms with Gasteiger partial charge in [-0.05, 0) is 91.7 Å². The zero-order valence-electron chi connectivity index (χ0n) is 32.8. The van der Waals surface area contributed by atoms with Crippen LogP contribution in [0.25, 0.3) is 83.0 Å². The van der Waals surface area contributed by atoms with E-state index in [1.54, 1.807) is 0 Å². The van der Waals surface area contributed by atoms with Crippen LogP contribution in [0.4, 0.5) is 0 Å². The molecule has 0 amide bonds. The molecule has 0 spiro atoms. The molecule has 0 saturated carbocycles. The SMILES string of the molecule is C=Cc1ccccc1C(C(=C)C(=C)n1c2ccc(-n3c4ccccc4c4ccccc43)cc2c2c3ccccc3ccc21)c1cccc2c1C(C)(C)c1ccccc1-2. The summed E-state index contributed by atoms with van der Waals surface area (Å²) < 4.78 is 4.77. The number of para-hydroxylation sites is 2. The van der Waals surface area contributed by atoms with Gasteiger partial charge in [-0.25, -0.2) is 0 Å². The van der Waals surface area contributed by atoms with Crippen molar-refractivity contribution in [2.75, 3.05) is 0 Å². The van der Waals surface area contributed by atoms with Gasteiger partial charge in [-0.2, -0.15) is 0 Å². The lowest BCUT2D eigenvalue weighted by atomic mass is 9.73. The minimum absolute atomic E-state index is 0.185. The first-order valence-corrected chi connectivity index (χ1v) is 20.1. The highest BCUT2D eigenvalue weighted by Crippen LogP contribution is 2.54. The maximum Gasteiger partial charge on any atom is 0.0547 e. The van der Waals surface area contributed by atoms with Crippen LogP contribution in [0.2, 0.25) is 0 Å². The second-order valence-electron chi connectivity index (χ2n) is 16.3. The van der Waals surface area contributed by atoms with Crippen molar-refractivity contribution in [2.45, 2.75) is 25.2 Å². The molecule has 1 unspecified atom stereocenters. The summed E-state index contributed by atoms with van der Waals surface area (Å²) in [5.74, 6) is -0.185. The van der Waals surface area contributed by atoms with E-state index >= 15 is 0 Å². The number of allylic oxidation sites excluding steroid dienone is 2. The summed E-state index contributed by atoms with van der Waals surface area (Å²) in [5, 5.41) is 7.32. The van der Waals surface area contributed by atoms with E-state index in [1.807, 2.05) is 6.08 Å². The molecule has 276 valence electrons. The van der Waals surface area contributed by atoms with Gasteiger partial charge in [0.05, 0.1) is 22.1 Å². The van der Waals surface area contributed by atoms with Gasteiger partial charge in [-0.15, -0.1) is 0 Å². The third kappa shape index (κ3) is 4.72. The second kappa shape index (κ2) is 12.7. The number of nitrogens with zero attached hydrogens (tertiary/aromatic N) is 2. The molecule has 2 heterocycles. The zero-order valence-corrected chi connectivity index (χ0v) is 32.8. The summed E-state index contributed by atoms with van der Waals surface area (Å²) in [6.07, 6.45) is 1.98. The van der Waals surface area contributed by atoms with E-state index in [9.17, 15) is 0 Å². The molecule has 8 aromatic carbocycles. The maximum atomic E-state index is 5.01. The monoisotopic (exact) mass is 742 g/mol. The Bertz CT molecular complexity index is 3330. The summed E-state index contributed by atoms with van der Waals surface area (Å²) in [6, 6.07) is 61.9. The Hall–Kier alpha value is -7.16. The predicted molar refractivity (Wildman–Crippen MR) is 248 cm³/mol. The van der Waals surface area contributed by atoms with Crippen LogP contribution in [0.5, 0.6) is 0 Å². The molecule has 0 fully saturated rings. The van der Waals surface area contributed by atoms with Crippen molar-refractivity contribution in [3.8, 4) is 16.8 Å². The molecule has 2 heteroatoms. The normalized spacial score (nSPS) is 13.6. The topological polar surface area (TPSA) is 9.86 Å². The van der Waals surface area contributed by atoms with Gasteiger partial charge in [0.1, 0.15) is 0 Å². The molecule has 1 atom stereocenters. The second-order valence-corrected chi connectivity index (χ2v) is 16.3. The molecule has 1 aliphatic carbocycles. The average molecular weight is 743 g/mol. The minimum Gasteiger partial charge on any atom is -0.310 e. The molecular weight excluding hydrogens is 701 g/mol. The van der Waals surface area contributed by atoms with Crippen LogP contribution < -0.4 is 0 Å². The molecule has 2 nitrogen and oxygen atoms in total. The quantitative estimate of drug-likeness (QED) is 0.144. The summed E-state index contributed by atoms with van der Waals surface area (Å²) in [6.45, 7) is 19.0. The molecule has 0 saturated heterocycles. The molecule has 58 heavy (non-hydrogen) atoms. The molecule has 0 bridgehead atoms. The van der Waals surface area contributed by atoms with Crippen molar-refractivity contribution in [3.05, 3.63) is 223 Å². The van der Waals surface area contributed by atoms with Gasteiger partial charge in [0, 0.05) is 44.3 Å². The van der Waals surface area contributed by atoms with Gasteiger partial charge in [-0.1, -0.05) is 173 Å². The highest BCUT2D eigenvalue weighted by molar-refractivity contribution is 6.22. The third-order valence-corrected chi connectivity index (χ3v) is 12.9. The maximum absolute atomic E-state index is 5.01. The zero-order chi connectivity index (χ0) is 39.3. The van der Waals surface area contributed by atoms with Crippen molar-refractivity contribution in [1.82, 2.24) is 9.13 Å². The lowest BCUT2D eigenvalue weighted by molar-refractivity contribution is 0.648. The van der Waals surface area contributed by atoms with Crippen molar-refractivity contribution in [2.24, 2.45) is 0 Å². The molecule has 11 rings (SSSR count). The third-order valence-electron chi connectivity index (χ3n) is 12.9. The Balaban J connectivity index is 1.16. The number of rotatable bonds is 7. The fourth-order valence-corrected chi connectivity index (χ4v) is 10.4. The van der Waals surface area contributed by atoms with Gasteiger partial charge in [0.15, 0.2) is 0 Å². The van der Waals surface area contributed by atoms with E-state index in [0.29, 0.717) is 0 Å². The van der Waals surface area contributed by atoms with Gasteiger partial charge in [0.2, 0.25) is 0 Å². The highest BCUT2D eigenvalue weighted by Gasteiger charge is 2.39. The predicted octanol–water partition coefficient (Wildman–Crippen LogP) is 14.9. The summed E-state index contributed by atoms with van der Waals surface area (Å²) >= 11 is 0. The van der Waals surface area contributed by atoms with Crippen LogP contribution in [-0.2, 0) is 5.41 Å². The largest absolute Gasteiger partial charge is 0.310 e. The van der Waals surface area contributed by atoms with Gasteiger partial charge >= 0.3 is 0 Å². The summed E-state index contributed by atoms with van der Waals surface area (Å²) in [5.41, 5.74) is 16.1. The standard InChI is InChI=1S/C56H42N2/c1-6-37-18-7-9-20-40(37)53(46-26-17-25-45-42-22-11-14-27-48(42)56(4,5)55(45)46)35(2)36(3)57-51-33-31-39(34-47(51)54-41-21-10-8-19-38(41)30-32-52(54)57)58-49-28-15-12-23-43(49)44-24-13-16-29-50(44)58/h6-34,53H,1-3H2,4-5H3. The number of benzene rings is 8. The Morgan fingerprint density at radius 3 is 1.95 bits per heavy atom. The lowest BCUT2D eigenvalue weighted by Gasteiger charge is -2.31. The fraction of sp³-hybridized carbons (Fsp3) is 0.0714. The van der Waals surface area contributed by atoms with Crippen molar-refractivity contribution in [3.63, 3.8) is 0 Å². The molecule has 0 radical (unpaired) electrons. The van der Waals surface area contributed by atoms with E-state index in [1.165, 1.54) is 76.7 Å². The van der Waals surface area contributed by atoms with Crippen LogP contribution in [0.1, 0.15) is 47.6 Å². The minimum atomic E-state index is -0.208. The smallest absolute Gasteiger partial charge is 0.0547 e. The van der Waals surface area contributed by atoms with Gasteiger partial charge in [-0.3, -0.25) is 0 Å². The van der Waals surface area contributed by atoms with E-state index in [-0.39, 0.29) is 11.3 Å². The Morgan fingerprint density at radius 2 is 1.17 bits per heavy atom. The Morgan fingerprint density at radius 1 is 0.552 bits per heavy atom. The molecule has 1 aliphatic rings. The Labute approximate surface area is 338 Å². The summed E-state index contributed by atoms with van der Waals surface area (Å²) in [7, 11) is 0. The van der Waals surface area contributed by atoms with Crippen LogP contribution >= 0.6 is 0 Å². The van der Waals surface area contributed by atoms with E-state index in [0.717, 1.165) is 33.6 Å². The Kier molecular flexibility index (Phi) is 7.46. The van der Waals surface area contributed by atoms with Crippen LogP contribution in [0.15, 0.2) is 195 Å².